The number of nitrogens with one attached hydrogen (secondary N) is 2. The standard InChI is InChI=1S/C18H24N2O/c1-4-5-13-19-17(21)20-18(2,3)16-12-8-10-14-9-6-7-11-15(14)16/h6-12H,4-5,13H2,1-3H3,(H2,19,20,21). The predicted octanol–water partition coefficient (Wildman–Crippen LogP) is 4.17. The summed E-state index contributed by atoms with van der Waals surface area (Å²) in [4.78, 5) is 12.0. The number of carbonyl (C=O) groups excluding carboxylic acids is 1. The minimum atomic E-state index is -0.419. The van der Waals surface area contributed by atoms with Gasteiger partial charge in [0.25, 0.3) is 0 Å². The largest absolute Gasteiger partial charge is 0.338 e. The van der Waals surface area contributed by atoms with Crippen molar-refractivity contribution >= 4 is 16.8 Å². The van der Waals surface area contributed by atoms with Crippen LogP contribution in [0.1, 0.15) is 39.2 Å². The van der Waals surface area contributed by atoms with Gasteiger partial charge in [-0.05, 0) is 36.6 Å². The molecule has 0 aliphatic heterocycles. The van der Waals surface area contributed by atoms with Gasteiger partial charge in [-0.15, -0.1) is 0 Å². The molecule has 0 saturated heterocycles. The second-order valence-corrected chi connectivity index (χ2v) is 5.89. The molecule has 0 spiro atoms. The summed E-state index contributed by atoms with van der Waals surface area (Å²) in [5, 5.41) is 8.35. The number of hydrogen-bond donors (Lipinski definition) is 2. The highest BCUT2D eigenvalue weighted by Crippen LogP contribution is 2.28. The van der Waals surface area contributed by atoms with E-state index in [9.17, 15) is 4.79 Å². The van der Waals surface area contributed by atoms with Crippen molar-refractivity contribution in [2.45, 2.75) is 39.2 Å². The average molecular weight is 284 g/mol. The van der Waals surface area contributed by atoms with Gasteiger partial charge in [0.1, 0.15) is 0 Å². The third kappa shape index (κ3) is 3.75. The van der Waals surface area contributed by atoms with E-state index in [0.29, 0.717) is 6.54 Å². The molecule has 0 heterocycles. The number of carbonyl (C=O) groups is 1. The van der Waals surface area contributed by atoms with Gasteiger partial charge in [-0.2, -0.15) is 0 Å². The molecule has 0 aliphatic rings. The Bertz CT molecular complexity index is 614. The van der Waals surface area contributed by atoms with E-state index >= 15 is 0 Å². The molecule has 2 rings (SSSR count). The topological polar surface area (TPSA) is 41.1 Å². The molecule has 0 fully saturated rings. The van der Waals surface area contributed by atoms with Gasteiger partial charge in [0.05, 0.1) is 5.54 Å². The summed E-state index contributed by atoms with van der Waals surface area (Å²) >= 11 is 0. The van der Waals surface area contributed by atoms with Crippen LogP contribution in [-0.4, -0.2) is 12.6 Å². The van der Waals surface area contributed by atoms with E-state index in [-0.39, 0.29) is 6.03 Å². The number of benzene rings is 2. The number of amides is 2. The van der Waals surface area contributed by atoms with Gasteiger partial charge in [0.2, 0.25) is 0 Å². The highest BCUT2D eigenvalue weighted by molar-refractivity contribution is 5.87. The third-order valence-electron chi connectivity index (χ3n) is 3.70. The SMILES string of the molecule is CCCCNC(=O)NC(C)(C)c1cccc2ccccc12. The Morgan fingerprint density at radius 2 is 1.81 bits per heavy atom. The lowest BCUT2D eigenvalue weighted by atomic mass is 9.89. The van der Waals surface area contributed by atoms with Gasteiger partial charge in [-0.1, -0.05) is 55.8 Å². The smallest absolute Gasteiger partial charge is 0.315 e. The highest BCUT2D eigenvalue weighted by Gasteiger charge is 2.24. The molecule has 112 valence electrons. The molecule has 2 aromatic carbocycles. The summed E-state index contributed by atoms with van der Waals surface area (Å²) in [7, 11) is 0. The summed E-state index contributed by atoms with van der Waals surface area (Å²) in [6.07, 6.45) is 2.08. The Balaban J connectivity index is 2.19. The van der Waals surface area contributed by atoms with Crippen LogP contribution in [0.15, 0.2) is 42.5 Å². The normalized spacial score (nSPS) is 11.4. The minimum Gasteiger partial charge on any atom is -0.338 e. The van der Waals surface area contributed by atoms with Crippen LogP contribution in [0.25, 0.3) is 10.8 Å². The van der Waals surface area contributed by atoms with Gasteiger partial charge in [0.15, 0.2) is 0 Å². The second-order valence-electron chi connectivity index (χ2n) is 5.89. The van der Waals surface area contributed by atoms with Gasteiger partial charge < -0.3 is 10.6 Å². The van der Waals surface area contributed by atoms with Crippen molar-refractivity contribution in [2.75, 3.05) is 6.54 Å². The van der Waals surface area contributed by atoms with Gasteiger partial charge in [-0.3, -0.25) is 0 Å². The van der Waals surface area contributed by atoms with Crippen LogP contribution in [0, 0.1) is 0 Å². The van der Waals surface area contributed by atoms with Crippen LogP contribution in [0.5, 0.6) is 0 Å². The molecule has 0 atom stereocenters. The molecule has 0 unspecified atom stereocenters. The molecule has 3 heteroatoms. The van der Waals surface area contributed by atoms with Crippen molar-refractivity contribution in [2.24, 2.45) is 0 Å². The molecule has 0 bridgehead atoms. The van der Waals surface area contributed by atoms with Crippen molar-refractivity contribution in [3.63, 3.8) is 0 Å². The van der Waals surface area contributed by atoms with Crippen LogP contribution in [-0.2, 0) is 5.54 Å². The molecular weight excluding hydrogens is 260 g/mol. The van der Waals surface area contributed by atoms with E-state index < -0.39 is 5.54 Å². The number of urea groups is 1. The van der Waals surface area contributed by atoms with Crippen molar-refractivity contribution in [1.82, 2.24) is 10.6 Å². The molecule has 0 aliphatic carbocycles. The Kier molecular flexibility index (Phi) is 4.84. The third-order valence-corrected chi connectivity index (χ3v) is 3.70. The van der Waals surface area contributed by atoms with E-state index in [1.807, 2.05) is 32.0 Å². The average Bonchev–Trinajstić information content (AvgIpc) is 2.46. The molecule has 0 radical (unpaired) electrons. The zero-order valence-corrected chi connectivity index (χ0v) is 13.1. The fourth-order valence-corrected chi connectivity index (χ4v) is 2.54. The summed E-state index contributed by atoms with van der Waals surface area (Å²) in [5.74, 6) is 0. The Morgan fingerprint density at radius 1 is 1.10 bits per heavy atom. The van der Waals surface area contributed by atoms with E-state index in [0.717, 1.165) is 18.4 Å². The predicted molar refractivity (Wildman–Crippen MR) is 88.4 cm³/mol. The zero-order chi connectivity index (χ0) is 15.3. The second kappa shape index (κ2) is 6.61. The zero-order valence-electron chi connectivity index (χ0n) is 13.1. The van der Waals surface area contributed by atoms with Gasteiger partial charge in [0, 0.05) is 6.54 Å². The van der Waals surface area contributed by atoms with E-state index in [2.05, 4.69) is 41.8 Å². The van der Waals surface area contributed by atoms with Crippen LogP contribution in [0.2, 0.25) is 0 Å². The van der Waals surface area contributed by atoms with Crippen LogP contribution in [0.3, 0.4) is 0 Å². The molecule has 3 nitrogen and oxygen atoms in total. The Labute approximate surface area is 126 Å². The van der Waals surface area contributed by atoms with E-state index in [4.69, 9.17) is 0 Å². The lowest BCUT2D eigenvalue weighted by Crippen LogP contribution is -2.46. The van der Waals surface area contributed by atoms with Crippen molar-refractivity contribution < 1.29 is 4.79 Å². The van der Waals surface area contributed by atoms with Crippen molar-refractivity contribution in [3.05, 3.63) is 48.0 Å². The Hall–Kier alpha value is -2.03. The quantitative estimate of drug-likeness (QED) is 0.795. The molecular formula is C18H24N2O. The number of unbranched alkanes of at least 4 members (excludes halogenated alkanes) is 1. The van der Waals surface area contributed by atoms with E-state index in [1.165, 1.54) is 10.8 Å². The monoisotopic (exact) mass is 284 g/mol. The Morgan fingerprint density at radius 3 is 2.57 bits per heavy atom. The summed E-state index contributed by atoms with van der Waals surface area (Å²) in [6, 6.07) is 14.4. The molecule has 0 saturated carbocycles. The van der Waals surface area contributed by atoms with Crippen molar-refractivity contribution in [3.8, 4) is 0 Å². The first-order valence-corrected chi connectivity index (χ1v) is 7.59. The summed E-state index contributed by atoms with van der Waals surface area (Å²) < 4.78 is 0. The fraction of sp³-hybridized carbons (Fsp3) is 0.389. The molecule has 2 aromatic rings. The lowest BCUT2D eigenvalue weighted by molar-refractivity contribution is 0.230. The summed E-state index contributed by atoms with van der Waals surface area (Å²) in [6.45, 7) is 6.90. The van der Waals surface area contributed by atoms with Crippen LogP contribution >= 0.6 is 0 Å². The molecule has 21 heavy (non-hydrogen) atoms. The molecule has 0 aromatic heterocycles. The maximum Gasteiger partial charge on any atom is 0.315 e. The lowest BCUT2D eigenvalue weighted by Gasteiger charge is -2.28. The molecule has 2 amide bonds. The first-order chi connectivity index (χ1) is 10.0. The van der Waals surface area contributed by atoms with Crippen molar-refractivity contribution in [1.29, 1.82) is 0 Å². The van der Waals surface area contributed by atoms with E-state index in [1.54, 1.807) is 0 Å². The first-order valence-electron chi connectivity index (χ1n) is 7.59. The number of hydrogen-bond acceptors (Lipinski definition) is 1. The van der Waals surface area contributed by atoms with Crippen LogP contribution < -0.4 is 10.6 Å². The maximum absolute atomic E-state index is 12.0. The minimum absolute atomic E-state index is 0.110. The fourth-order valence-electron chi connectivity index (χ4n) is 2.54. The maximum atomic E-state index is 12.0. The number of fused-ring (bicyclic) bond motifs is 1. The van der Waals surface area contributed by atoms with Crippen LogP contribution in [0.4, 0.5) is 4.79 Å². The molecule has 2 N–H and O–H groups in total. The van der Waals surface area contributed by atoms with Gasteiger partial charge in [-0.25, -0.2) is 4.79 Å². The summed E-state index contributed by atoms with van der Waals surface area (Å²) in [5.41, 5.74) is 0.711. The first kappa shape index (κ1) is 15.4. The highest BCUT2D eigenvalue weighted by atomic mass is 16.2. The van der Waals surface area contributed by atoms with Gasteiger partial charge >= 0.3 is 6.03 Å². The number of rotatable bonds is 5.